The SMILES string of the molecule is COC(CNC(=O)C1CCNCC1)C(C)(C)C.Cl. The Bertz CT molecular complexity index is 248. The van der Waals surface area contributed by atoms with Crippen LogP contribution < -0.4 is 10.6 Å². The lowest BCUT2D eigenvalue weighted by Crippen LogP contribution is -2.44. The minimum Gasteiger partial charge on any atom is -0.379 e. The highest BCUT2D eigenvalue weighted by Crippen LogP contribution is 2.21. The number of amides is 1. The highest BCUT2D eigenvalue weighted by atomic mass is 35.5. The van der Waals surface area contributed by atoms with Crippen molar-refractivity contribution >= 4 is 18.3 Å². The molecule has 0 aromatic rings. The molecule has 0 aromatic carbocycles. The fraction of sp³-hybridized carbons (Fsp3) is 0.923. The maximum absolute atomic E-state index is 12.0. The lowest BCUT2D eigenvalue weighted by molar-refractivity contribution is -0.126. The van der Waals surface area contributed by atoms with Crippen LogP contribution in [0.3, 0.4) is 0 Å². The van der Waals surface area contributed by atoms with E-state index in [0.29, 0.717) is 6.54 Å². The van der Waals surface area contributed by atoms with Gasteiger partial charge in [-0.2, -0.15) is 0 Å². The molecule has 0 spiro atoms. The first-order valence-corrected chi connectivity index (χ1v) is 6.46. The van der Waals surface area contributed by atoms with E-state index in [-0.39, 0.29) is 35.8 Å². The number of methoxy groups -OCH3 is 1. The molecule has 1 unspecified atom stereocenters. The molecule has 1 rings (SSSR count). The van der Waals surface area contributed by atoms with E-state index >= 15 is 0 Å². The molecule has 2 N–H and O–H groups in total. The molecular formula is C13H27ClN2O2. The predicted octanol–water partition coefficient (Wildman–Crippen LogP) is 1.59. The Hall–Kier alpha value is -0.320. The Morgan fingerprint density at radius 1 is 1.39 bits per heavy atom. The van der Waals surface area contributed by atoms with Crippen LogP contribution in [-0.4, -0.2) is 38.8 Å². The summed E-state index contributed by atoms with van der Waals surface area (Å²) in [4.78, 5) is 12.0. The molecule has 108 valence electrons. The van der Waals surface area contributed by atoms with E-state index < -0.39 is 0 Å². The van der Waals surface area contributed by atoms with Crippen LogP contribution in [0.25, 0.3) is 0 Å². The molecule has 18 heavy (non-hydrogen) atoms. The number of halogens is 1. The number of rotatable bonds is 4. The van der Waals surface area contributed by atoms with Crippen molar-refractivity contribution in [2.45, 2.75) is 39.7 Å². The molecule has 4 nitrogen and oxygen atoms in total. The molecule has 0 aromatic heterocycles. The van der Waals surface area contributed by atoms with Crippen LogP contribution in [0.5, 0.6) is 0 Å². The van der Waals surface area contributed by atoms with Gasteiger partial charge in [-0.05, 0) is 31.3 Å². The second kappa shape index (κ2) is 7.97. The van der Waals surface area contributed by atoms with Crippen molar-refractivity contribution in [2.75, 3.05) is 26.7 Å². The summed E-state index contributed by atoms with van der Waals surface area (Å²) in [6, 6.07) is 0. The Morgan fingerprint density at radius 2 is 1.94 bits per heavy atom. The monoisotopic (exact) mass is 278 g/mol. The molecule has 1 fully saturated rings. The average Bonchev–Trinajstić information content (AvgIpc) is 2.29. The van der Waals surface area contributed by atoms with Gasteiger partial charge >= 0.3 is 0 Å². The van der Waals surface area contributed by atoms with Crippen molar-refractivity contribution in [3.05, 3.63) is 0 Å². The van der Waals surface area contributed by atoms with Crippen molar-refractivity contribution in [1.29, 1.82) is 0 Å². The van der Waals surface area contributed by atoms with Gasteiger partial charge < -0.3 is 15.4 Å². The number of hydrogen-bond acceptors (Lipinski definition) is 3. The molecule has 5 heteroatoms. The number of hydrogen-bond donors (Lipinski definition) is 2. The van der Waals surface area contributed by atoms with Crippen LogP contribution in [-0.2, 0) is 9.53 Å². The van der Waals surface area contributed by atoms with Gasteiger partial charge in [0.15, 0.2) is 0 Å². The first-order chi connectivity index (χ1) is 7.95. The van der Waals surface area contributed by atoms with Crippen molar-refractivity contribution in [3.8, 4) is 0 Å². The second-order valence-electron chi connectivity index (χ2n) is 5.86. The fourth-order valence-electron chi connectivity index (χ4n) is 2.16. The minimum absolute atomic E-state index is 0. The Balaban J connectivity index is 0.00000289. The summed E-state index contributed by atoms with van der Waals surface area (Å²) in [5, 5.41) is 6.28. The van der Waals surface area contributed by atoms with Crippen LogP contribution >= 0.6 is 12.4 Å². The van der Waals surface area contributed by atoms with Crippen molar-refractivity contribution in [2.24, 2.45) is 11.3 Å². The molecule has 0 bridgehead atoms. The van der Waals surface area contributed by atoms with E-state index in [1.165, 1.54) is 0 Å². The topological polar surface area (TPSA) is 50.4 Å². The zero-order valence-electron chi connectivity index (χ0n) is 11.9. The minimum atomic E-state index is 0. The molecule has 0 saturated carbocycles. The molecule has 0 aliphatic carbocycles. The fourth-order valence-corrected chi connectivity index (χ4v) is 2.16. The number of piperidine rings is 1. The second-order valence-corrected chi connectivity index (χ2v) is 5.86. The van der Waals surface area contributed by atoms with Crippen LogP contribution in [0.4, 0.5) is 0 Å². The molecule has 0 radical (unpaired) electrons. The van der Waals surface area contributed by atoms with E-state index in [1.54, 1.807) is 7.11 Å². The Kier molecular flexibility index (Phi) is 7.83. The third-order valence-corrected chi connectivity index (χ3v) is 3.42. The van der Waals surface area contributed by atoms with E-state index in [1.807, 2.05) is 0 Å². The van der Waals surface area contributed by atoms with E-state index in [4.69, 9.17) is 4.74 Å². The highest BCUT2D eigenvalue weighted by Gasteiger charge is 2.26. The van der Waals surface area contributed by atoms with Gasteiger partial charge in [0, 0.05) is 19.6 Å². The van der Waals surface area contributed by atoms with E-state index in [0.717, 1.165) is 25.9 Å². The smallest absolute Gasteiger partial charge is 0.223 e. The van der Waals surface area contributed by atoms with Gasteiger partial charge in [0.25, 0.3) is 0 Å². The van der Waals surface area contributed by atoms with Crippen molar-refractivity contribution in [1.82, 2.24) is 10.6 Å². The van der Waals surface area contributed by atoms with Crippen LogP contribution in [0.1, 0.15) is 33.6 Å². The normalized spacial score (nSPS) is 18.9. The van der Waals surface area contributed by atoms with Crippen molar-refractivity contribution in [3.63, 3.8) is 0 Å². The highest BCUT2D eigenvalue weighted by molar-refractivity contribution is 5.85. The van der Waals surface area contributed by atoms with Crippen LogP contribution in [0, 0.1) is 11.3 Å². The van der Waals surface area contributed by atoms with Gasteiger partial charge in [-0.3, -0.25) is 4.79 Å². The lowest BCUT2D eigenvalue weighted by Gasteiger charge is -2.30. The van der Waals surface area contributed by atoms with Crippen LogP contribution in [0.2, 0.25) is 0 Å². The van der Waals surface area contributed by atoms with Crippen LogP contribution in [0.15, 0.2) is 0 Å². The summed E-state index contributed by atoms with van der Waals surface area (Å²) in [5.41, 5.74) is 0.0517. The number of nitrogens with one attached hydrogen (secondary N) is 2. The number of ether oxygens (including phenoxy) is 1. The predicted molar refractivity (Wildman–Crippen MR) is 76.1 cm³/mol. The van der Waals surface area contributed by atoms with E-state index in [2.05, 4.69) is 31.4 Å². The molecule has 1 aliphatic rings. The third kappa shape index (κ3) is 5.55. The summed E-state index contributed by atoms with van der Waals surface area (Å²) < 4.78 is 5.43. The number of carbonyl (C=O) groups is 1. The summed E-state index contributed by atoms with van der Waals surface area (Å²) in [7, 11) is 1.70. The third-order valence-electron chi connectivity index (χ3n) is 3.42. The zero-order chi connectivity index (χ0) is 12.9. The maximum Gasteiger partial charge on any atom is 0.223 e. The summed E-state index contributed by atoms with van der Waals surface area (Å²) in [6.45, 7) is 8.87. The standard InChI is InChI=1S/C13H26N2O2.ClH/c1-13(2,3)11(17-4)9-15-12(16)10-5-7-14-8-6-10;/h10-11,14H,5-9H2,1-4H3,(H,15,16);1H. The summed E-state index contributed by atoms with van der Waals surface area (Å²) in [5.74, 6) is 0.353. The lowest BCUT2D eigenvalue weighted by atomic mass is 9.88. The maximum atomic E-state index is 12.0. The van der Waals surface area contributed by atoms with Gasteiger partial charge in [-0.15, -0.1) is 12.4 Å². The summed E-state index contributed by atoms with van der Waals surface area (Å²) >= 11 is 0. The molecule has 1 saturated heterocycles. The van der Waals surface area contributed by atoms with Crippen molar-refractivity contribution < 1.29 is 9.53 Å². The largest absolute Gasteiger partial charge is 0.379 e. The zero-order valence-corrected chi connectivity index (χ0v) is 12.7. The van der Waals surface area contributed by atoms with Gasteiger partial charge in [0.05, 0.1) is 6.10 Å². The first kappa shape index (κ1) is 17.7. The Labute approximate surface area is 117 Å². The summed E-state index contributed by atoms with van der Waals surface area (Å²) in [6.07, 6.45) is 1.95. The Morgan fingerprint density at radius 3 is 2.39 bits per heavy atom. The average molecular weight is 279 g/mol. The quantitative estimate of drug-likeness (QED) is 0.821. The molecule has 1 amide bonds. The molecule has 1 heterocycles. The van der Waals surface area contributed by atoms with E-state index in [9.17, 15) is 4.79 Å². The van der Waals surface area contributed by atoms with Gasteiger partial charge in [0.1, 0.15) is 0 Å². The van der Waals surface area contributed by atoms with Gasteiger partial charge in [0.2, 0.25) is 5.91 Å². The first-order valence-electron chi connectivity index (χ1n) is 6.46. The van der Waals surface area contributed by atoms with Gasteiger partial charge in [-0.1, -0.05) is 20.8 Å². The van der Waals surface area contributed by atoms with Gasteiger partial charge in [-0.25, -0.2) is 0 Å². The molecular weight excluding hydrogens is 252 g/mol. The number of carbonyl (C=O) groups excluding carboxylic acids is 1. The molecule has 1 aliphatic heterocycles. The molecule has 1 atom stereocenters.